The normalized spacial score (nSPS) is 44.5. The van der Waals surface area contributed by atoms with Gasteiger partial charge in [-0.1, -0.05) is 0 Å². The molecule has 1 spiro atoms. The Kier molecular flexibility index (Phi) is 2.15. The maximum atomic E-state index is 5.65. The summed E-state index contributed by atoms with van der Waals surface area (Å²) in [6, 6.07) is 0. The van der Waals surface area contributed by atoms with Crippen LogP contribution in [-0.4, -0.2) is 38.5 Å². The maximum absolute atomic E-state index is 5.65. The molecule has 2 aliphatic heterocycles. The van der Waals surface area contributed by atoms with Gasteiger partial charge < -0.3 is 18.9 Å². The van der Waals surface area contributed by atoms with E-state index in [1.165, 1.54) is 0 Å². The molecule has 2 unspecified atom stereocenters. The first-order valence-corrected chi connectivity index (χ1v) is 4.36. The van der Waals surface area contributed by atoms with Crippen molar-refractivity contribution in [2.75, 3.05) is 26.9 Å². The van der Waals surface area contributed by atoms with Crippen LogP contribution in [0, 0.1) is 0 Å². The average Bonchev–Trinajstić information content (AvgIpc) is 2.47. The zero-order valence-electron chi connectivity index (χ0n) is 7.91. The van der Waals surface area contributed by atoms with Gasteiger partial charge in [-0.2, -0.15) is 0 Å². The summed E-state index contributed by atoms with van der Waals surface area (Å²) in [6.45, 7) is 3.46. The molecular weight excluding hydrogens is 172 g/mol. The van der Waals surface area contributed by atoms with Crippen molar-refractivity contribution in [2.24, 2.45) is 0 Å². The molecule has 0 aromatic rings. The smallest absolute Gasteiger partial charge is 0.215 e. The van der Waals surface area contributed by atoms with Gasteiger partial charge in [0.1, 0.15) is 6.61 Å². The highest BCUT2D eigenvalue weighted by molar-refractivity contribution is 5.10. The van der Waals surface area contributed by atoms with Gasteiger partial charge in [-0.25, -0.2) is 0 Å². The van der Waals surface area contributed by atoms with Crippen LogP contribution in [0.4, 0.5) is 0 Å². The Labute approximate surface area is 77.4 Å². The van der Waals surface area contributed by atoms with E-state index in [-0.39, 0.29) is 0 Å². The van der Waals surface area contributed by atoms with Crippen molar-refractivity contribution in [3.8, 4) is 0 Å². The van der Waals surface area contributed by atoms with Gasteiger partial charge in [-0.15, -0.1) is 0 Å². The van der Waals surface area contributed by atoms with E-state index >= 15 is 0 Å². The fraction of sp³-hybridized carbons (Fsp3) is 0.778. The number of rotatable bonds is 1. The Morgan fingerprint density at radius 1 is 1.31 bits per heavy atom. The first-order valence-electron chi connectivity index (χ1n) is 4.36. The minimum Gasteiger partial charge on any atom is -0.373 e. The second-order valence-electron chi connectivity index (χ2n) is 3.37. The van der Waals surface area contributed by atoms with Crippen molar-refractivity contribution in [1.29, 1.82) is 0 Å². The monoisotopic (exact) mass is 186 g/mol. The predicted octanol–water partition coefficient (Wildman–Crippen LogP) is 0.678. The van der Waals surface area contributed by atoms with E-state index in [1.807, 2.05) is 19.1 Å². The second-order valence-corrected chi connectivity index (χ2v) is 3.37. The van der Waals surface area contributed by atoms with Gasteiger partial charge >= 0.3 is 0 Å². The zero-order chi connectivity index (χ0) is 9.36. The predicted molar refractivity (Wildman–Crippen MR) is 45.1 cm³/mol. The van der Waals surface area contributed by atoms with Crippen molar-refractivity contribution in [3.05, 3.63) is 12.2 Å². The molecule has 13 heavy (non-hydrogen) atoms. The minimum atomic E-state index is -0.719. The first-order chi connectivity index (χ1) is 6.18. The van der Waals surface area contributed by atoms with Crippen LogP contribution in [0.25, 0.3) is 0 Å². The van der Waals surface area contributed by atoms with Crippen LogP contribution in [0.3, 0.4) is 0 Å². The largest absolute Gasteiger partial charge is 0.373 e. The van der Waals surface area contributed by atoms with Gasteiger partial charge in [0.25, 0.3) is 0 Å². The van der Waals surface area contributed by atoms with Crippen molar-refractivity contribution >= 4 is 0 Å². The lowest BCUT2D eigenvalue weighted by molar-refractivity contribution is -0.326. The summed E-state index contributed by atoms with van der Waals surface area (Å²) in [6.07, 6.45) is 3.71. The summed E-state index contributed by atoms with van der Waals surface area (Å²) >= 11 is 0. The summed E-state index contributed by atoms with van der Waals surface area (Å²) in [4.78, 5) is 0. The lowest BCUT2D eigenvalue weighted by atomic mass is 10.2. The Balaban J connectivity index is 2.08. The Hall–Kier alpha value is -0.420. The second kappa shape index (κ2) is 3.06. The van der Waals surface area contributed by atoms with Crippen LogP contribution in [0.1, 0.15) is 6.92 Å². The molecule has 4 nitrogen and oxygen atoms in total. The van der Waals surface area contributed by atoms with Gasteiger partial charge in [-0.3, -0.25) is 0 Å². The molecule has 0 aliphatic carbocycles. The summed E-state index contributed by atoms with van der Waals surface area (Å²) in [5.41, 5.74) is 0. The lowest BCUT2D eigenvalue weighted by Gasteiger charge is -2.34. The topological polar surface area (TPSA) is 36.9 Å². The van der Waals surface area contributed by atoms with Crippen molar-refractivity contribution in [2.45, 2.75) is 18.5 Å². The van der Waals surface area contributed by atoms with Crippen LogP contribution in [-0.2, 0) is 18.9 Å². The van der Waals surface area contributed by atoms with Crippen molar-refractivity contribution in [3.63, 3.8) is 0 Å². The fourth-order valence-electron chi connectivity index (χ4n) is 1.48. The lowest BCUT2D eigenvalue weighted by Crippen LogP contribution is -2.45. The molecular formula is C9H14O4. The summed E-state index contributed by atoms with van der Waals surface area (Å²) in [7, 11) is 1.60. The molecule has 2 rings (SSSR count). The number of hydrogen-bond donors (Lipinski definition) is 0. The van der Waals surface area contributed by atoms with Crippen LogP contribution >= 0.6 is 0 Å². The molecule has 2 atom stereocenters. The number of methoxy groups -OCH3 is 1. The highest BCUT2D eigenvalue weighted by atomic mass is 16.8. The number of hydrogen-bond acceptors (Lipinski definition) is 4. The Morgan fingerprint density at radius 3 is 2.69 bits per heavy atom. The van der Waals surface area contributed by atoms with Crippen LogP contribution in [0.15, 0.2) is 12.2 Å². The highest BCUT2D eigenvalue weighted by Crippen LogP contribution is 2.34. The first kappa shape index (κ1) is 9.15. The standard InChI is InChI=1S/C9H14O4/c1-8(10-2)3-4-9(13-8)7-11-5-6-12-9/h3-4H,5-7H2,1-2H3. The molecule has 0 aromatic heterocycles. The van der Waals surface area contributed by atoms with Gasteiger partial charge in [0, 0.05) is 7.11 Å². The minimum absolute atomic E-state index is 0.433. The van der Waals surface area contributed by atoms with Gasteiger partial charge in [0.2, 0.25) is 5.79 Å². The third-order valence-corrected chi connectivity index (χ3v) is 2.30. The molecule has 1 fully saturated rings. The summed E-state index contributed by atoms with van der Waals surface area (Å²) in [5.74, 6) is -1.40. The average molecular weight is 186 g/mol. The van der Waals surface area contributed by atoms with Crippen molar-refractivity contribution < 1.29 is 18.9 Å². The Morgan fingerprint density at radius 2 is 2.15 bits per heavy atom. The maximum Gasteiger partial charge on any atom is 0.215 e. The molecule has 2 heterocycles. The quantitative estimate of drug-likeness (QED) is 0.564. The van der Waals surface area contributed by atoms with E-state index in [0.717, 1.165) is 0 Å². The fourth-order valence-corrected chi connectivity index (χ4v) is 1.48. The molecule has 4 heteroatoms. The molecule has 0 amide bonds. The third-order valence-electron chi connectivity index (χ3n) is 2.30. The molecule has 0 saturated carbocycles. The summed E-state index contributed by atoms with van der Waals surface area (Å²) in [5, 5.41) is 0. The Bertz CT molecular complexity index is 220. The van der Waals surface area contributed by atoms with Gasteiger partial charge in [0.05, 0.1) is 13.2 Å². The van der Waals surface area contributed by atoms with Crippen molar-refractivity contribution in [1.82, 2.24) is 0 Å². The van der Waals surface area contributed by atoms with Gasteiger partial charge in [0.15, 0.2) is 5.79 Å². The van der Waals surface area contributed by atoms with Gasteiger partial charge in [-0.05, 0) is 19.1 Å². The SMILES string of the molecule is COC1(C)C=CC2(COCCO2)O1. The van der Waals surface area contributed by atoms with E-state index in [0.29, 0.717) is 19.8 Å². The molecule has 1 saturated heterocycles. The highest BCUT2D eigenvalue weighted by Gasteiger charge is 2.44. The molecule has 74 valence electrons. The van der Waals surface area contributed by atoms with E-state index in [2.05, 4.69) is 0 Å². The molecule has 0 aromatic carbocycles. The van der Waals surface area contributed by atoms with Crippen LogP contribution in [0.2, 0.25) is 0 Å². The molecule has 0 bridgehead atoms. The van der Waals surface area contributed by atoms with Crippen LogP contribution in [0.5, 0.6) is 0 Å². The van der Waals surface area contributed by atoms with E-state index in [9.17, 15) is 0 Å². The zero-order valence-corrected chi connectivity index (χ0v) is 7.91. The molecule has 0 radical (unpaired) electrons. The van der Waals surface area contributed by atoms with Crippen LogP contribution < -0.4 is 0 Å². The molecule has 0 N–H and O–H groups in total. The van der Waals surface area contributed by atoms with E-state index in [1.54, 1.807) is 7.11 Å². The van der Waals surface area contributed by atoms with E-state index in [4.69, 9.17) is 18.9 Å². The third kappa shape index (κ3) is 1.62. The molecule has 2 aliphatic rings. The van der Waals surface area contributed by atoms with E-state index < -0.39 is 11.6 Å². The number of ether oxygens (including phenoxy) is 4. The summed E-state index contributed by atoms with van der Waals surface area (Å²) < 4.78 is 21.6.